The number of hydrogen-bond acceptors (Lipinski definition) is 4. The molecule has 0 bridgehead atoms. The Hall–Kier alpha value is -3.66. The Morgan fingerprint density at radius 2 is 2.07 bits per heavy atom. The van der Waals surface area contributed by atoms with Gasteiger partial charge in [-0.25, -0.2) is 9.07 Å². The lowest BCUT2D eigenvalue weighted by molar-refractivity contribution is 0.102. The van der Waals surface area contributed by atoms with Gasteiger partial charge in [0.05, 0.1) is 34.8 Å². The van der Waals surface area contributed by atoms with Crippen LogP contribution in [0.5, 0.6) is 0 Å². The van der Waals surface area contributed by atoms with Crippen molar-refractivity contribution in [2.75, 3.05) is 17.2 Å². The van der Waals surface area contributed by atoms with E-state index in [1.807, 2.05) is 6.92 Å². The maximum absolute atomic E-state index is 13.9. The number of benzene rings is 2. The summed E-state index contributed by atoms with van der Waals surface area (Å²) < 4.78 is 15.2. The summed E-state index contributed by atoms with van der Waals surface area (Å²) in [5.41, 5.74) is 2.21. The minimum Gasteiger partial charge on any atom is -0.383 e. The second-order valence-corrected chi connectivity index (χ2v) is 5.88. The first-order valence-electron chi connectivity index (χ1n) is 8.51. The minimum absolute atomic E-state index is 0.258. The third kappa shape index (κ3) is 4.12. The number of nitriles is 1. The molecule has 27 heavy (non-hydrogen) atoms. The first kappa shape index (κ1) is 18.1. The number of carbonyl (C=O) groups is 1. The predicted octanol–water partition coefficient (Wildman–Crippen LogP) is 3.96. The largest absolute Gasteiger partial charge is 0.383 e. The average Bonchev–Trinajstić information content (AvgIpc) is 3.17. The Labute approximate surface area is 156 Å². The highest BCUT2D eigenvalue weighted by atomic mass is 19.1. The van der Waals surface area contributed by atoms with Gasteiger partial charge in [-0.15, -0.1) is 0 Å². The van der Waals surface area contributed by atoms with Crippen molar-refractivity contribution in [1.29, 1.82) is 5.26 Å². The number of hydrogen-bond donors (Lipinski definition) is 2. The summed E-state index contributed by atoms with van der Waals surface area (Å²) in [4.78, 5) is 12.6. The maximum Gasteiger partial charge on any atom is 0.258 e. The van der Waals surface area contributed by atoms with Crippen LogP contribution < -0.4 is 10.6 Å². The summed E-state index contributed by atoms with van der Waals surface area (Å²) in [5.74, 6) is -0.826. The van der Waals surface area contributed by atoms with Crippen molar-refractivity contribution < 1.29 is 9.18 Å². The second-order valence-electron chi connectivity index (χ2n) is 5.88. The highest BCUT2D eigenvalue weighted by molar-refractivity contribution is 6.05. The van der Waals surface area contributed by atoms with E-state index in [9.17, 15) is 9.18 Å². The normalized spacial score (nSPS) is 10.3. The van der Waals surface area contributed by atoms with Crippen LogP contribution in [0.15, 0.2) is 54.9 Å². The first-order valence-corrected chi connectivity index (χ1v) is 8.51. The van der Waals surface area contributed by atoms with E-state index in [0.29, 0.717) is 11.3 Å². The third-order valence-corrected chi connectivity index (χ3v) is 3.91. The van der Waals surface area contributed by atoms with Crippen LogP contribution in [0.1, 0.15) is 29.3 Å². The van der Waals surface area contributed by atoms with Crippen LogP contribution in [0, 0.1) is 17.1 Å². The first-order chi connectivity index (χ1) is 13.1. The van der Waals surface area contributed by atoms with Crippen LogP contribution in [-0.2, 0) is 0 Å². The van der Waals surface area contributed by atoms with Crippen molar-refractivity contribution in [2.45, 2.75) is 13.3 Å². The predicted molar refractivity (Wildman–Crippen MR) is 101 cm³/mol. The molecule has 1 heterocycles. The molecule has 0 aliphatic rings. The van der Waals surface area contributed by atoms with Gasteiger partial charge in [-0.05, 0) is 36.8 Å². The minimum atomic E-state index is -0.430. The molecule has 0 aliphatic carbocycles. The Balaban J connectivity index is 1.84. The third-order valence-electron chi connectivity index (χ3n) is 3.91. The summed E-state index contributed by atoms with van der Waals surface area (Å²) >= 11 is 0. The van der Waals surface area contributed by atoms with Crippen molar-refractivity contribution in [1.82, 2.24) is 9.78 Å². The lowest BCUT2D eigenvalue weighted by Crippen LogP contribution is -2.13. The van der Waals surface area contributed by atoms with Gasteiger partial charge in [-0.2, -0.15) is 10.4 Å². The molecular formula is C20H18FN5O. The molecule has 6 nitrogen and oxygen atoms in total. The lowest BCUT2D eigenvalue weighted by Gasteiger charge is -2.12. The van der Waals surface area contributed by atoms with Crippen LogP contribution in [0.25, 0.3) is 5.69 Å². The molecule has 2 N–H and O–H groups in total. The monoisotopic (exact) mass is 363 g/mol. The van der Waals surface area contributed by atoms with Crippen LogP contribution in [0.2, 0.25) is 0 Å². The number of para-hydroxylation sites is 1. The van der Waals surface area contributed by atoms with Gasteiger partial charge in [0.1, 0.15) is 11.5 Å². The number of aromatic nitrogens is 2. The Kier molecular flexibility index (Phi) is 5.47. The molecule has 3 aromatic rings. The van der Waals surface area contributed by atoms with E-state index in [-0.39, 0.29) is 11.3 Å². The number of rotatable bonds is 6. The summed E-state index contributed by atoms with van der Waals surface area (Å²) in [5, 5.41) is 19.2. The highest BCUT2D eigenvalue weighted by Crippen LogP contribution is 2.24. The number of nitrogens with one attached hydrogen (secondary N) is 2. The maximum atomic E-state index is 13.9. The van der Waals surface area contributed by atoms with Gasteiger partial charge >= 0.3 is 0 Å². The number of amides is 1. The summed E-state index contributed by atoms with van der Waals surface area (Å²) in [6, 6.07) is 13.3. The van der Waals surface area contributed by atoms with Gasteiger partial charge in [-0.1, -0.05) is 19.1 Å². The Morgan fingerprint density at radius 3 is 2.81 bits per heavy atom. The SMILES string of the molecule is CCCNc1ccc(C#N)cc1NC(=O)c1cnn(-c2ccccc2F)c1. The number of anilines is 2. The van der Waals surface area contributed by atoms with Crippen LogP contribution in [0.4, 0.5) is 15.8 Å². The number of carbonyl (C=O) groups excluding carboxylic acids is 1. The zero-order valence-corrected chi connectivity index (χ0v) is 14.7. The molecule has 0 radical (unpaired) electrons. The van der Waals surface area contributed by atoms with Crippen molar-refractivity contribution >= 4 is 17.3 Å². The lowest BCUT2D eigenvalue weighted by atomic mass is 10.1. The molecule has 3 rings (SSSR count). The molecule has 2 aromatic carbocycles. The standard InChI is InChI=1S/C20H18FN5O/c1-2-9-23-17-8-7-14(11-22)10-18(17)25-20(27)15-12-24-26(13-15)19-6-4-3-5-16(19)21/h3-8,10,12-13,23H,2,9H2,1H3,(H,25,27). The quantitative estimate of drug-likeness (QED) is 0.694. The van der Waals surface area contributed by atoms with E-state index in [4.69, 9.17) is 5.26 Å². The van der Waals surface area contributed by atoms with Gasteiger partial charge in [0.25, 0.3) is 5.91 Å². The zero-order chi connectivity index (χ0) is 19.2. The van der Waals surface area contributed by atoms with Crippen LogP contribution in [0.3, 0.4) is 0 Å². The van der Waals surface area contributed by atoms with E-state index >= 15 is 0 Å². The van der Waals surface area contributed by atoms with E-state index in [0.717, 1.165) is 18.7 Å². The molecule has 0 fully saturated rings. The van der Waals surface area contributed by atoms with E-state index < -0.39 is 11.7 Å². The fraction of sp³-hybridized carbons (Fsp3) is 0.150. The highest BCUT2D eigenvalue weighted by Gasteiger charge is 2.14. The van der Waals surface area contributed by atoms with Crippen LogP contribution >= 0.6 is 0 Å². The molecule has 1 amide bonds. The smallest absolute Gasteiger partial charge is 0.258 e. The van der Waals surface area contributed by atoms with Crippen molar-refractivity contribution in [3.63, 3.8) is 0 Å². The number of nitrogens with zero attached hydrogens (tertiary/aromatic N) is 3. The fourth-order valence-corrected chi connectivity index (χ4v) is 2.53. The molecule has 0 unspecified atom stereocenters. The average molecular weight is 363 g/mol. The van der Waals surface area contributed by atoms with Crippen molar-refractivity contribution in [3.8, 4) is 11.8 Å². The molecule has 0 atom stereocenters. The zero-order valence-electron chi connectivity index (χ0n) is 14.7. The molecule has 0 saturated heterocycles. The molecule has 0 spiro atoms. The van der Waals surface area contributed by atoms with E-state index in [1.165, 1.54) is 23.1 Å². The van der Waals surface area contributed by atoms with Crippen molar-refractivity contribution in [2.24, 2.45) is 0 Å². The van der Waals surface area contributed by atoms with Gasteiger partial charge in [0, 0.05) is 12.7 Å². The van der Waals surface area contributed by atoms with Gasteiger partial charge < -0.3 is 10.6 Å². The second kappa shape index (κ2) is 8.15. The summed E-state index contributed by atoms with van der Waals surface area (Å²) in [6.45, 7) is 2.77. The summed E-state index contributed by atoms with van der Waals surface area (Å²) in [6.07, 6.45) is 3.75. The Morgan fingerprint density at radius 1 is 1.26 bits per heavy atom. The molecule has 0 aliphatic heterocycles. The summed E-state index contributed by atoms with van der Waals surface area (Å²) in [7, 11) is 0. The van der Waals surface area contributed by atoms with E-state index in [1.54, 1.807) is 36.4 Å². The van der Waals surface area contributed by atoms with Crippen molar-refractivity contribution in [3.05, 3.63) is 71.8 Å². The molecule has 7 heteroatoms. The Bertz CT molecular complexity index is 1010. The number of halogens is 1. The molecule has 1 aromatic heterocycles. The topological polar surface area (TPSA) is 82.7 Å². The molecule has 136 valence electrons. The molecular weight excluding hydrogens is 345 g/mol. The fourth-order valence-electron chi connectivity index (χ4n) is 2.53. The van der Waals surface area contributed by atoms with Gasteiger partial charge in [-0.3, -0.25) is 4.79 Å². The van der Waals surface area contributed by atoms with Crippen LogP contribution in [-0.4, -0.2) is 22.2 Å². The van der Waals surface area contributed by atoms with E-state index in [2.05, 4.69) is 21.8 Å². The van der Waals surface area contributed by atoms with Gasteiger partial charge in [0.15, 0.2) is 0 Å². The molecule has 0 saturated carbocycles. The van der Waals surface area contributed by atoms with Gasteiger partial charge in [0.2, 0.25) is 0 Å².